The molecule has 0 fully saturated rings. The molecule has 0 heterocycles. The van der Waals surface area contributed by atoms with Crippen molar-refractivity contribution in [2.24, 2.45) is 28.1 Å². The van der Waals surface area contributed by atoms with Crippen LogP contribution in [0.3, 0.4) is 0 Å². The molecule has 44 heavy (non-hydrogen) atoms. The number of nitrogens with two attached hydrogens (primary N) is 3. The summed E-state index contributed by atoms with van der Waals surface area (Å²) in [5, 5.41) is 28.6. The van der Waals surface area contributed by atoms with Crippen molar-refractivity contribution in [3.05, 3.63) is 35.9 Å². The van der Waals surface area contributed by atoms with Gasteiger partial charge in [-0.05, 0) is 31.2 Å². The number of nitrogens with zero attached hydrogens (tertiary/aromatic N) is 1. The van der Waals surface area contributed by atoms with E-state index in [0.717, 1.165) is 0 Å². The lowest BCUT2D eigenvalue weighted by molar-refractivity contribution is -0.142. The molecule has 0 aliphatic carbocycles. The second-order valence-electron chi connectivity index (χ2n) is 10.4. The van der Waals surface area contributed by atoms with Crippen LogP contribution in [0.25, 0.3) is 0 Å². The molecule has 0 unspecified atom stereocenters. The van der Waals surface area contributed by atoms with Crippen LogP contribution in [-0.2, 0) is 35.2 Å². The van der Waals surface area contributed by atoms with E-state index in [1.54, 1.807) is 44.2 Å². The minimum atomic E-state index is -1.55. The fourth-order valence-corrected chi connectivity index (χ4v) is 3.98. The fourth-order valence-electron chi connectivity index (χ4n) is 3.98. The molecule has 0 aromatic heterocycles. The van der Waals surface area contributed by atoms with Gasteiger partial charge < -0.3 is 48.7 Å². The van der Waals surface area contributed by atoms with Crippen LogP contribution < -0.4 is 38.5 Å². The summed E-state index contributed by atoms with van der Waals surface area (Å²) >= 11 is 0. The van der Waals surface area contributed by atoms with Crippen molar-refractivity contribution >= 4 is 41.5 Å². The van der Waals surface area contributed by atoms with Crippen molar-refractivity contribution in [1.82, 2.24) is 21.3 Å². The van der Waals surface area contributed by atoms with E-state index in [-0.39, 0.29) is 25.3 Å². The second kappa shape index (κ2) is 18.7. The molecule has 0 bridgehead atoms. The third-order valence-corrected chi connectivity index (χ3v) is 6.76. The molecular formula is C28H44N8O8. The molecule has 4 amide bonds. The molecule has 0 saturated heterocycles. The zero-order valence-electron chi connectivity index (χ0n) is 25.1. The van der Waals surface area contributed by atoms with Gasteiger partial charge in [-0.25, -0.2) is 4.79 Å². The van der Waals surface area contributed by atoms with Crippen LogP contribution in [0.1, 0.15) is 52.0 Å². The van der Waals surface area contributed by atoms with Crippen molar-refractivity contribution in [1.29, 1.82) is 0 Å². The Morgan fingerprint density at radius 1 is 0.841 bits per heavy atom. The van der Waals surface area contributed by atoms with Gasteiger partial charge in [0.05, 0.1) is 12.5 Å². The molecule has 0 radical (unpaired) electrons. The van der Waals surface area contributed by atoms with Crippen molar-refractivity contribution in [2.75, 3.05) is 6.54 Å². The number of benzene rings is 1. The van der Waals surface area contributed by atoms with Gasteiger partial charge in [0.25, 0.3) is 0 Å². The maximum Gasteiger partial charge on any atom is 0.326 e. The van der Waals surface area contributed by atoms with E-state index in [9.17, 15) is 39.0 Å². The Labute approximate surface area is 255 Å². The Balaban J connectivity index is 2.90. The van der Waals surface area contributed by atoms with Gasteiger partial charge in [0.15, 0.2) is 5.96 Å². The number of hydrogen-bond acceptors (Lipinski definition) is 8. The predicted octanol–water partition coefficient (Wildman–Crippen LogP) is -1.83. The van der Waals surface area contributed by atoms with Gasteiger partial charge >= 0.3 is 11.9 Å². The number of carboxylic acid groups (broad SMARTS) is 2. The summed E-state index contributed by atoms with van der Waals surface area (Å²) in [4.78, 5) is 78.6. The molecule has 6 atom stereocenters. The first-order chi connectivity index (χ1) is 20.7. The summed E-state index contributed by atoms with van der Waals surface area (Å²) in [5.74, 6) is -6.44. The number of carboxylic acids is 2. The lowest BCUT2D eigenvalue weighted by Crippen LogP contribution is -2.59. The Morgan fingerprint density at radius 3 is 2.00 bits per heavy atom. The third kappa shape index (κ3) is 13.5. The Kier molecular flexibility index (Phi) is 15.9. The maximum absolute atomic E-state index is 13.2. The maximum atomic E-state index is 13.2. The monoisotopic (exact) mass is 620 g/mol. The Hall–Kier alpha value is -4.73. The van der Waals surface area contributed by atoms with Gasteiger partial charge in [0.1, 0.15) is 24.2 Å². The summed E-state index contributed by atoms with van der Waals surface area (Å²) < 4.78 is 0. The highest BCUT2D eigenvalue weighted by Crippen LogP contribution is 2.11. The van der Waals surface area contributed by atoms with Crippen LogP contribution >= 0.6 is 0 Å². The van der Waals surface area contributed by atoms with E-state index < -0.39 is 78.1 Å². The van der Waals surface area contributed by atoms with E-state index in [2.05, 4.69) is 26.3 Å². The number of guanidine groups is 1. The number of carbonyl (C=O) groups excluding carboxylic acids is 4. The van der Waals surface area contributed by atoms with Gasteiger partial charge in [0, 0.05) is 13.0 Å². The average Bonchev–Trinajstić information content (AvgIpc) is 2.96. The second-order valence-corrected chi connectivity index (χ2v) is 10.4. The van der Waals surface area contributed by atoms with Crippen LogP contribution in [0, 0.1) is 5.92 Å². The highest BCUT2D eigenvalue weighted by molar-refractivity contribution is 5.96. The lowest BCUT2D eigenvalue weighted by Gasteiger charge is -2.27. The highest BCUT2D eigenvalue weighted by atomic mass is 16.4. The van der Waals surface area contributed by atoms with Crippen molar-refractivity contribution < 1.29 is 39.0 Å². The summed E-state index contributed by atoms with van der Waals surface area (Å²) in [6.45, 7) is 5.00. The minimum absolute atomic E-state index is 0.0200. The average molecular weight is 621 g/mol. The Bertz CT molecular complexity index is 1180. The van der Waals surface area contributed by atoms with E-state index in [0.29, 0.717) is 18.4 Å². The minimum Gasteiger partial charge on any atom is -0.481 e. The number of nitrogens with one attached hydrogen (secondary N) is 4. The summed E-state index contributed by atoms with van der Waals surface area (Å²) in [6, 6.07) is 2.41. The lowest BCUT2D eigenvalue weighted by atomic mass is 9.97. The molecule has 16 nitrogen and oxygen atoms in total. The zero-order chi connectivity index (χ0) is 33.4. The Morgan fingerprint density at radius 2 is 1.45 bits per heavy atom. The summed E-state index contributed by atoms with van der Waals surface area (Å²) in [7, 11) is 0. The van der Waals surface area contributed by atoms with Gasteiger partial charge in [-0.3, -0.25) is 29.0 Å². The molecule has 1 aromatic rings. The SMILES string of the molecule is CC[C@H](C)[C@H](NC(=O)[C@H](C)NC(=O)[C@H](CC(=O)O)NC(=O)[C@H](N)CCCN=C(N)N)C(=O)N[C@@H](Cc1ccccc1)C(=O)O. The number of carbonyl (C=O) groups is 6. The first-order valence-electron chi connectivity index (χ1n) is 14.2. The van der Waals surface area contributed by atoms with Crippen LogP contribution in [0.2, 0.25) is 0 Å². The van der Waals surface area contributed by atoms with Crippen molar-refractivity contribution in [3.63, 3.8) is 0 Å². The summed E-state index contributed by atoms with van der Waals surface area (Å²) in [5.41, 5.74) is 17.0. The number of hydrogen-bond donors (Lipinski definition) is 9. The van der Waals surface area contributed by atoms with Gasteiger partial charge in [0.2, 0.25) is 23.6 Å². The zero-order valence-corrected chi connectivity index (χ0v) is 25.1. The molecule has 1 rings (SSSR count). The van der Waals surface area contributed by atoms with Crippen LogP contribution in [0.15, 0.2) is 35.3 Å². The highest BCUT2D eigenvalue weighted by Gasteiger charge is 2.33. The molecule has 0 aliphatic heterocycles. The number of rotatable bonds is 19. The quantitative estimate of drug-likeness (QED) is 0.0471. The van der Waals surface area contributed by atoms with E-state index in [1.165, 1.54) is 6.92 Å². The number of aliphatic imine (C=N–C) groups is 1. The first kappa shape index (κ1) is 37.3. The van der Waals surface area contributed by atoms with Gasteiger partial charge in [-0.15, -0.1) is 0 Å². The number of amides is 4. The molecule has 12 N–H and O–H groups in total. The van der Waals surface area contributed by atoms with Crippen LogP contribution in [0.4, 0.5) is 0 Å². The largest absolute Gasteiger partial charge is 0.481 e. The molecule has 244 valence electrons. The van der Waals surface area contributed by atoms with E-state index in [4.69, 9.17) is 17.2 Å². The molecule has 0 spiro atoms. The molecule has 0 saturated carbocycles. The third-order valence-electron chi connectivity index (χ3n) is 6.76. The predicted molar refractivity (Wildman–Crippen MR) is 161 cm³/mol. The first-order valence-corrected chi connectivity index (χ1v) is 14.2. The molecular weight excluding hydrogens is 576 g/mol. The van der Waals surface area contributed by atoms with E-state index in [1.807, 2.05) is 0 Å². The standard InChI is InChI=1S/C28H44N8O8/c1-4-15(2)22(26(42)35-20(27(43)44)13-17-9-6-5-7-10-17)36-23(39)16(3)33-25(41)19(14-21(37)38)34-24(40)18(29)11-8-12-32-28(30)31/h5-7,9-10,15-16,18-20,22H,4,8,11-14,29H2,1-3H3,(H,33,41)(H,34,40)(H,35,42)(H,36,39)(H,37,38)(H,43,44)(H4,30,31,32)/t15-,16-,18+,19-,20-,22-/m0/s1. The molecule has 0 aliphatic rings. The normalized spacial score (nSPS) is 14.8. The topological polar surface area (TPSA) is 281 Å². The smallest absolute Gasteiger partial charge is 0.326 e. The van der Waals surface area contributed by atoms with Crippen molar-refractivity contribution in [3.8, 4) is 0 Å². The van der Waals surface area contributed by atoms with Crippen molar-refractivity contribution in [2.45, 2.75) is 83.1 Å². The number of aliphatic carboxylic acids is 2. The van der Waals surface area contributed by atoms with Gasteiger partial charge in [-0.1, -0.05) is 50.6 Å². The summed E-state index contributed by atoms with van der Waals surface area (Å²) in [6.07, 6.45) is 0.184. The fraction of sp³-hybridized carbons (Fsp3) is 0.536. The van der Waals surface area contributed by atoms with E-state index >= 15 is 0 Å². The molecule has 1 aromatic carbocycles. The van der Waals surface area contributed by atoms with Crippen LogP contribution in [0.5, 0.6) is 0 Å². The van der Waals surface area contributed by atoms with Crippen LogP contribution in [-0.4, -0.2) is 88.5 Å². The molecule has 16 heteroatoms. The van der Waals surface area contributed by atoms with Gasteiger partial charge in [-0.2, -0.15) is 0 Å².